The van der Waals surface area contributed by atoms with Gasteiger partial charge in [0.1, 0.15) is 5.82 Å². The van der Waals surface area contributed by atoms with E-state index in [-0.39, 0.29) is 11.2 Å². The first-order chi connectivity index (χ1) is 6.15. The minimum atomic E-state index is -0.219. The summed E-state index contributed by atoms with van der Waals surface area (Å²) >= 11 is 0. The van der Waals surface area contributed by atoms with E-state index < -0.39 is 0 Å². The van der Waals surface area contributed by atoms with Crippen LogP contribution in [0.2, 0.25) is 0 Å². The van der Waals surface area contributed by atoms with Crippen molar-refractivity contribution < 1.29 is 4.39 Å². The van der Waals surface area contributed by atoms with Gasteiger partial charge in [0.05, 0.1) is 11.5 Å². The summed E-state index contributed by atoms with van der Waals surface area (Å²) in [6.45, 7) is 1.95. The lowest BCUT2D eigenvalue weighted by Gasteiger charge is -2.00. The van der Waals surface area contributed by atoms with Crippen molar-refractivity contribution in [2.45, 2.75) is 19.3 Å². The molecule has 2 rings (SSSR count). The normalized spacial score (nSPS) is 31.0. The SMILES string of the molecule is CC1(C#N)CC1c1ccc(F)cc1. The van der Waals surface area contributed by atoms with Crippen LogP contribution in [0.4, 0.5) is 4.39 Å². The van der Waals surface area contributed by atoms with Gasteiger partial charge in [-0.05, 0) is 31.0 Å². The topological polar surface area (TPSA) is 23.8 Å². The average molecular weight is 175 g/mol. The molecule has 13 heavy (non-hydrogen) atoms. The second kappa shape index (κ2) is 2.56. The average Bonchev–Trinajstić information content (AvgIpc) is 2.81. The first-order valence-corrected chi connectivity index (χ1v) is 4.32. The summed E-state index contributed by atoms with van der Waals surface area (Å²) in [7, 11) is 0. The first kappa shape index (κ1) is 8.25. The van der Waals surface area contributed by atoms with Crippen LogP contribution in [0, 0.1) is 22.6 Å². The van der Waals surface area contributed by atoms with Crippen LogP contribution in [-0.2, 0) is 0 Å². The molecule has 2 atom stereocenters. The molecule has 0 amide bonds. The molecule has 1 saturated carbocycles. The van der Waals surface area contributed by atoms with E-state index >= 15 is 0 Å². The maximum absolute atomic E-state index is 12.6. The Kier molecular flexibility index (Phi) is 1.63. The molecule has 0 aromatic heterocycles. The highest BCUT2D eigenvalue weighted by Crippen LogP contribution is 2.58. The fourth-order valence-electron chi connectivity index (χ4n) is 1.67. The van der Waals surface area contributed by atoms with Gasteiger partial charge in [0.15, 0.2) is 0 Å². The lowest BCUT2D eigenvalue weighted by Crippen LogP contribution is -1.92. The fourth-order valence-corrected chi connectivity index (χ4v) is 1.67. The van der Waals surface area contributed by atoms with E-state index in [1.807, 2.05) is 6.92 Å². The molecule has 2 heteroatoms. The molecule has 1 aromatic rings. The summed E-state index contributed by atoms with van der Waals surface area (Å²) in [5.41, 5.74) is 0.864. The van der Waals surface area contributed by atoms with E-state index in [9.17, 15) is 4.39 Å². The van der Waals surface area contributed by atoms with Crippen molar-refractivity contribution in [2.75, 3.05) is 0 Å². The van der Waals surface area contributed by atoms with Gasteiger partial charge in [-0.3, -0.25) is 0 Å². The van der Waals surface area contributed by atoms with Crippen LogP contribution in [0.3, 0.4) is 0 Å². The van der Waals surface area contributed by atoms with Crippen LogP contribution in [0.5, 0.6) is 0 Å². The van der Waals surface area contributed by atoms with Crippen molar-refractivity contribution in [1.82, 2.24) is 0 Å². The summed E-state index contributed by atoms with van der Waals surface area (Å²) in [4.78, 5) is 0. The molecule has 0 heterocycles. The molecule has 66 valence electrons. The third-order valence-corrected chi connectivity index (χ3v) is 2.76. The molecule has 1 fully saturated rings. The van der Waals surface area contributed by atoms with E-state index in [0.717, 1.165) is 12.0 Å². The maximum atomic E-state index is 12.6. The van der Waals surface area contributed by atoms with Crippen molar-refractivity contribution in [1.29, 1.82) is 5.26 Å². The number of benzene rings is 1. The fraction of sp³-hybridized carbons (Fsp3) is 0.364. The highest BCUT2D eigenvalue weighted by atomic mass is 19.1. The Morgan fingerprint density at radius 3 is 2.54 bits per heavy atom. The largest absolute Gasteiger partial charge is 0.207 e. The molecule has 1 nitrogen and oxygen atoms in total. The van der Waals surface area contributed by atoms with Crippen LogP contribution in [0.1, 0.15) is 24.8 Å². The van der Waals surface area contributed by atoms with E-state index in [2.05, 4.69) is 6.07 Å². The molecule has 0 radical (unpaired) electrons. The van der Waals surface area contributed by atoms with Crippen LogP contribution in [0.15, 0.2) is 24.3 Å². The summed E-state index contributed by atoms with van der Waals surface area (Å²) < 4.78 is 12.6. The molecule has 2 unspecified atom stereocenters. The molecular weight excluding hydrogens is 165 g/mol. The van der Waals surface area contributed by atoms with Gasteiger partial charge in [-0.1, -0.05) is 12.1 Å². The Morgan fingerprint density at radius 2 is 2.08 bits per heavy atom. The zero-order chi connectivity index (χ0) is 9.47. The predicted octanol–water partition coefficient (Wildman–Crippen LogP) is 2.84. The van der Waals surface area contributed by atoms with Gasteiger partial charge in [0.25, 0.3) is 0 Å². The third-order valence-electron chi connectivity index (χ3n) is 2.76. The molecular formula is C11H10FN. The number of halogens is 1. The van der Waals surface area contributed by atoms with Crippen molar-refractivity contribution in [2.24, 2.45) is 5.41 Å². The number of nitrogens with zero attached hydrogens (tertiary/aromatic N) is 1. The second-order valence-corrected chi connectivity index (χ2v) is 3.84. The molecule has 0 spiro atoms. The number of rotatable bonds is 1. The number of hydrogen-bond donors (Lipinski definition) is 0. The Morgan fingerprint density at radius 1 is 1.46 bits per heavy atom. The lowest BCUT2D eigenvalue weighted by atomic mass is 10.0. The quantitative estimate of drug-likeness (QED) is 0.643. The van der Waals surface area contributed by atoms with Crippen LogP contribution < -0.4 is 0 Å². The zero-order valence-electron chi connectivity index (χ0n) is 7.42. The molecule has 0 saturated heterocycles. The molecule has 1 aliphatic carbocycles. The Hall–Kier alpha value is -1.36. The highest BCUT2D eigenvalue weighted by Gasteiger charge is 2.51. The van der Waals surface area contributed by atoms with E-state index in [4.69, 9.17) is 5.26 Å². The Balaban J connectivity index is 2.22. The summed E-state index contributed by atoms with van der Waals surface area (Å²) in [6, 6.07) is 8.72. The molecule has 1 aromatic carbocycles. The second-order valence-electron chi connectivity index (χ2n) is 3.84. The van der Waals surface area contributed by atoms with Crippen molar-refractivity contribution in [3.8, 4) is 6.07 Å². The van der Waals surface area contributed by atoms with Crippen LogP contribution in [-0.4, -0.2) is 0 Å². The van der Waals surface area contributed by atoms with Crippen LogP contribution in [0.25, 0.3) is 0 Å². The summed E-state index contributed by atoms with van der Waals surface area (Å²) in [5, 5.41) is 8.83. The Labute approximate surface area is 76.8 Å². The first-order valence-electron chi connectivity index (χ1n) is 4.32. The van der Waals surface area contributed by atoms with Gasteiger partial charge in [0, 0.05) is 5.92 Å². The van der Waals surface area contributed by atoms with E-state index in [1.165, 1.54) is 12.1 Å². The summed E-state index contributed by atoms with van der Waals surface area (Å²) in [5.74, 6) is 0.0844. The minimum absolute atomic E-state index is 0.210. The standard InChI is InChI=1S/C11H10FN/c1-11(7-13)6-10(11)8-2-4-9(12)5-3-8/h2-5,10H,6H2,1H3. The minimum Gasteiger partial charge on any atom is -0.207 e. The molecule has 1 aliphatic rings. The van der Waals surface area contributed by atoms with Gasteiger partial charge in [-0.25, -0.2) is 4.39 Å². The predicted molar refractivity (Wildman–Crippen MR) is 47.5 cm³/mol. The zero-order valence-corrected chi connectivity index (χ0v) is 7.42. The van der Waals surface area contributed by atoms with E-state index in [0.29, 0.717) is 5.92 Å². The smallest absolute Gasteiger partial charge is 0.123 e. The van der Waals surface area contributed by atoms with Gasteiger partial charge in [0.2, 0.25) is 0 Å². The van der Waals surface area contributed by atoms with Gasteiger partial charge in [-0.15, -0.1) is 0 Å². The third kappa shape index (κ3) is 1.31. The lowest BCUT2D eigenvalue weighted by molar-refractivity contribution is 0.626. The molecule has 0 bridgehead atoms. The number of nitriles is 1. The van der Waals surface area contributed by atoms with Crippen molar-refractivity contribution >= 4 is 0 Å². The highest BCUT2D eigenvalue weighted by molar-refractivity contribution is 5.33. The van der Waals surface area contributed by atoms with Gasteiger partial charge in [-0.2, -0.15) is 5.26 Å². The van der Waals surface area contributed by atoms with Crippen LogP contribution >= 0.6 is 0 Å². The van der Waals surface area contributed by atoms with E-state index in [1.54, 1.807) is 12.1 Å². The summed E-state index contributed by atoms with van der Waals surface area (Å²) in [6.07, 6.45) is 0.898. The van der Waals surface area contributed by atoms with Gasteiger partial charge >= 0.3 is 0 Å². The van der Waals surface area contributed by atoms with Gasteiger partial charge < -0.3 is 0 Å². The maximum Gasteiger partial charge on any atom is 0.123 e. The van der Waals surface area contributed by atoms with Crippen molar-refractivity contribution in [3.63, 3.8) is 0 Å². The Bertz CT molecular complexity index is 363. The van der Waals surface area contributed by atoms with Crippen molar-refractivity contribution in [3.05, 3.63) is 35.6 Å². The molecule has 0 N–H and O–H groups in total. The number of hydrogen-bond acceptors (Lipinski definition) is 1. The molecule has 0 aliphatic heterocycles. The monoisotopic (exact) mass is 175 g/mol.